The molecule has 1 heterocycles. The maximum Gasteiger partial charge on any atom is 0.230 e. The molecule has 0 aromatic carbocycles. The average Bonchev–Trinajstić information content (AvgIpc) is 2.88. The largest absolute Gasteiger partial charge is 0.299 e. The summed E-state index contributed by atoms with van der Waals surface area (Å²) in [6.07, 6.45) is 7.59. The number of Topliss-reactive ketones (excluding diaryl/α,β-unsaturated/α-hetero) is 1. The minimum atomic E-state index is 0.346. The second-order valence-electron chi connectivity index (χ2n) is 4.45. The summed E-state index contributed by atoms with van der Waals surface area (Å²) in [5.74, 6) is 1.69. The lowest BCUT2D eigenvalue weighted by atomic mass is 9.85. The number of H-pyrrole nitrogens is 1. The van der Waals surface area contributed by atoms with E-state index < -0.39 is 0 Å². The number of nitrogens with zero attached hydrogens (tertiary/aromatic N) is 3. The smallest absolute Gasteiger partial charge is 0.230 e. The van der Waals surface area contributed by atoms with E-state index in [2.05, 4.69) is 20.6 Å². The number of thioether (sulfide) groups is 1. The second-order valence-corrected chi connectivity index (χ2v) is 5.51. The fourth-order valence-corrected chi connectivity index (χ4v) is 2.93. The third-order valence-electron chi connectivity index (χ3n) is 3.19. The number of aromatic amines is 1. The van der Waals surface area contributed by atoms with E-state index in [0.29, 0.717) is 23.3 Å². The molecule has 0 aliphatic heterocycles. The van der Waals surface area contributed by atoms with Gasteiger partial charge in [0.2, 0.25) is 5.16 Å². The molecule has 2 rings (SSSR count). The third-order valence-corrected chi connectivity index (χ3v) is 4.11. The van der Waals surface area contributed by atoms with Crippen LogP contribution >= 0.6 is 11.8 Å². The molecule has 0 amide bonds. The van der Waals surface area contributed by atoms with Crippen LogP contribution in [0.4, 0.5) is 0 Å². The molecule has 1 aliphatic rings. The lowest BCUT2D eigenvalue weighted by molar-refractivity contribution is -0.123. The van der Waals surface area contributed by atoms with Crippen LogP contribution in [0, 0.1) is 5.92 Å². The summed E-state index contributed by atoms with van der Waals surface area (Å²) in [6.45, 7) is 0. The van der Waals surface area contributed by atoms with Crippen molar-refractivity contribution < 1.29 is 4.79 Å². The highest BCUT2D eigenvalue weighted by Crippen LogP contribution is 2.26. The molecule has 0 radical (unpaired) electrons. The topological polar surface area (TPSA) is 71.5 Å². The molecule has 94 valence electrons. The van der Waals surface area contributed by atoms with Crippen LogP contribution in [-0.4, -0.2) is 32.2 Å². The van der Waals surface area contributed by atoms with Crippen LogP contribution < -0.4 is 0 Å². The first-order valence-corrected chi connectivity index (χ1v) is 7.24. The van der Waals surface area contributed by atoms with Crippen molar-refractivity contribution in [2.24, 2.45) is 5.92 Å². The van der Waals surface area contributed by atoms with E-state index in [-0.39, 0.29) is 0 Å². The molecule has 1 N–H and O–H groups in total. The van der Waals surface area contributed by atoms with Crippen LogP contribution in [-0.2, 0) is 4.79 Å². The molecule has 1 aromatic heterocycles. The van der Waals surface area contributed by atoms with E-state index in [1.165, 1.54) is 19.3 Å². The summed E-state index contributed by atoms with van der Waals surface area (Å²) in [7, 11) is 0. The van der Waals surface area contributed by atoms with E-state index in [1.54, 1.807) is 11.8 Å². The Morgan fingerprint density at radius 2 is 2.18 bits per heavy atom. The van der Waals surface area contributed by atoms with Crippen LogP contribution in [0.25, 0.3) is 0 Å². The minimum Gasteiger partial charge on any atom is -0.299 e. The zero-order chi connectivity index (χ0) is 11.9. The lowest BCUT2D eigenvalue weighted by Gasteiger charge is -2.19. The van der Waals surface area contributed by atoms with Crippen molar-refractivity contribution in [3.8, 4) is 0 Å². The number of carbonyl (C=O) groups is 1. The van der Waals surface area contributed by atoms with Gasteiger partial charge in [0.1, 0.15) is 5.78 Å². The molecule has 5 nitrogen and oxygen atoms in total. The number of ketones is 1. The Balaban J connectivity index is 1.59. The van der Waals surface area contributed by atoms with Crippen molar-refractivity contribution >= 4 is 17.5 Å². The van der Waals surface area contributed by atoms with Crippen LogP contribution in [0.3, 0.4) is 0 Å². The summed E-state index contributed by atoms with van der Waals surface area (Å²) in [5.41, 5.74) is 0. The Bertz CT molecular complexity index is 335. The quantitative estimate of drug-likeness (QED) is 0.622. The van der Waals surface area contributed by atoms with Gasteiger partial charge in [-0.1, -0.05) is 31.0 Å². The molecule has 0 saturated heterocycles. The van der Waals surface area contributed by atoms with E-state index >= 15 is 0 Å². The van der Waals surface area contributed by atoms with Gasteiger partial charge in [-0.3, -0.25) is 4.79 Å². The molecule has 0 spiro atoms. The summed E-state index contributed by atoms with van der Waals surface area (Å²) >= 11 is 1.55. The maximum absolute atomic E-state index is 11.9. The first-order chi connectivity index (χ1) is 8.36. The molecule has 0 atom stereocenters. The lowest BCUT2D eigenvalue weighted by Crippen LogP contribution is -2.17. The number of hydrogen-bond donors (Lipinski definition) is 1. The summed E-state index contributed by atoms with van der Waals surface area (Å²) < 4.78 is 0. The van der Waals surface area contributed by atoms with Gasteiger partial charge in [0.15, 0.2) is 0 Å². The number of tetrazole rings is 1. The number of hydrogen-bond acceptors (Lipinski definition) is 5. The number of rotatable bonds is 6. The summed E-state index contributed by atoms with van der Waals surface area (Å²) in [4.78, 5) is 11.9. The van der Waals surface area contributed by atoms with Gasteiger partial charge in [-0.15, -0.1) is 10.2 Å². The van der Waals surface area contributed by atoms with Crippen LogP contribution in [0.5, 0.6) is 0 Å². The normalized spacial score (nSPS) is 17.2. The molecular formula is C11H18N4OS. The van der Waals surface area contributed by atoms with Crippen molar-refractivity contribution in [2.75, 3.05) is 5.75 Å². The SMILES string of the molecule is O=C(CCCSc1nn[nH]n1)C1CCCCC1. The average molecular weight is 254 g/mol. The van der Waals surface area contributed by atoms with Crippen molar-refractivity contribution in [1.82, 2.24) is 20.6 Å². The first-order valence-electron chi connectivity index (χ1n) is 6.25. The fourth-order valence-electron chi connectivity index (χ4n) is 2.25. The predicted molar refractivity (Wildman–Crippen MR) is 65.7 cm³/mol. The molecule has 17 heavy (non-hydrogen) atoms. The highest BCUT2D eigenvalue weighted by molar-refractivity contribution is 7.99. The molecule has 1 fully saturated rings. The van der Waals surface area contributed by atoms with Crippen molar-refractivity contribution in [3.63, 3.8) is 0 Å². The van der Waals surface area contributed by atoms with Gasteiger partial charge in [0.05, 0.1) is 0 Å². The van der Waals surface area contributed by atoms with Crippen LogP contribution in [0.2, 0.25) is 0 Å². The van der Waals surface area contributed by atoms with Gasteiger partial charge >= 0.3 is 0 Å². The van der Waals surface area contributed by atoms with Gasteiger partial charge in [0, 0.05) is 18.1 Å². The zero-order valence-corrected chi connectivity index (χ0v) is 10.7. The molecule has 0 bridgehead atoms. The molecule has 1 aliphatic carbocycles. The van der Waals surface area contributed by atoms with Gasteiger partial charge in [-0.2, -0.15) is 5.21 Å². The Kier molecular flexibility index (Phi) is 4.97. The molecule has 0 unspecified atom stereocenters. The molecular weight excluding hydrogens is 236 g/mol. The van der Waals surface area contributed by atoms with E-state index in [1.807, 2.05) is 0 Å². The summed E-state index contributed by atoms with van der Waals surface area (Å²) in [6, 6.07) is 0. The third kappa shape index (κ3) is 4.11. The van der Waals surface area contributed by atoms with E-state index in [9.17, 15) is 4.79 Å². The second kappa shape index (κ2) is 6.74. The minimum absolute atomic E-state index is 0.346. The highest BCUT2D eigenvalue weighted by atomic mass is 32.2. The van der Waals surface area contributed by atoms with Gasteiger partial charge < -0.3 is 0 Å². The van der Waals surface area contributed by atoms with Gasteiger partial charge in [0.25, 0.3) is 0 Å². The number of nitrogens with one attached hydrogen (secondary N) is 1. The van der Waals surface area contributed by atoms with Crippen LogP contribution in [0.15, 0.2) is 5.16 Å². The van der Waals surface area contributed by atoms with Gasteiger partial charge in [-0.05, 0) is 24.5 Å². The Morgan fingerprint density at radius 3 is 2.88 bits per heavy atom. The Labute approximate surface area is 105 Å². The van der Waals surface area contributed by atoms with Crippen molar-refractivity contribution in [2.45, 2.75) is 50.1 Å². The highest BCUT2D eigenvalue weighted by Gasteiger charge is 2.20. The number of aromatic nitrogens is 4. The molecule has 1 saturated carbocycles. The predicted octanol–water partition coefficient (Wildman–Crippen LogP) is 2.22. The standard InChI is InChI=1S/C11H18N4OS/c16-10(9-5-2-1-3-6-9)7-4-8-17-11-12-14-15-13-11/h9H,1-8H2,(H,12,13,14,15). The Morgan fingerprint density at radius 1 is 1.35 bits per heavy atom. The monoisotopic (exact) mass is 254 g/mol. The number of carbonyl (C=O) groups excluding carboxylic acids is 1. The molecule has 1 aromatic rings. The maximum atomic E-state index is 11.9. The van der Waals surface area contributed by atoms with Crippen LogP contribution in [0.1, 0.15) is 44.9 Å². The Hall–Kier alpha value is -0.910. The summed E-state index contributed by atoms with van der Waals surface area (Å²) in [5, 5.41) is 14.3. The van der Waals surface area contributed by atoms with Crippen molar-refractivity contribution in [3.05, 3.63) is 0 Å². The first kappa shape index (κ1) is 12.5. The van der Waals surface area contributed by atoms with Gasteiger partial charge in [-0.25, -0.2) is 0 Å². The van der Waals surface area contributed by atoms with E-state index in [0.717, 1.165) is 25.0 Å². The van der Waals surface area contributed by atoms with Crippen molar-refractivity contribution in [1.29, 1.82) is 0 Å². The molecule has 6 heteroatoms. The fraction of sp³-hybridized carbons (Fsp3) is 0.818. The zero-order valence-electron chi connectivity index (χ0n) is 9.89. The van der Waals surface area contributed by atoms with E-state index in [4.69, 9.17) is 0 Å².